The Labute approximate surface area is 177 Å². The van der Waals surface area contributed by atoms with Crippen LogP contribution in [0.25, 0.3) is 10.6 Å². The Hall–Kier alpha value is -3.46. The third-order valence-electron chi connectivity index (χ3n) is 4.20. The van der Waals surface area contributed by atoms with Crippen molar-refractivity contribution >= 4 is 23.0 Å². The Morgan fingerprint density at radius 1 is 1.20 bits per heavy atom. The molecule has 0 fully saturated rings. The topological polar surface area (TPSA) is 101 Å². The summed E-state index contributed by atoms with van der Waals surface area (Å²) in [5, 5.41) is 14.0. The number of rotatable bonds is 8. The monoisotopic (exact) mass is 428 g/mol. The highest BCUT2D eigenvalue weighted by atomic mass is 32.1. The minimum absolute atomic E-state index is 0.103. The van der Waals surface area contributed by atoms with Gasteiger partial charge in [-0.1, -0.05) is 29.8 Å². The molecule has 3 aromatic rings. The number of nitro groups is 1. The van der Waals surface area contributed by atoms with Crippen LogP contribution in [0.2, 0.25) is 0 Å². The van der Waals surface area contributed by atoms with Crippen LogP contribution in [-0.4, -0.2) is 29.6 Å². The Morgan fingerprint density at radius 2 is 1.93 bits per heavy atom. The second kappa shape index (κ2) is 9.36. The fourth-order valence-electron chi connectivity index (χ4n) is 2.71. The molecule has 0 radical (unpaired) electrons. The maximum absolute atomic E-state index is 12.6. The van der Waals surface area contributed by atoms with Gasteiger partial charge in [0.25, 0.3) is 5.69 Å². The Morgan fingerprint density at radius 3 is 2.57 bits per heavy atom. The largest absolute Gasteiger partial charge is 0.493 e. The molecule has 0 saturated carbocycles. The lowest BCUT2D eigenvalue weighted by Gasteiger charge is -2.11. The number of methoxy groups -OCH3 is 1. The molecule has 0 saturated heterocycles. The number of aromatic nitrogens is 1. The van der Waals surface area contributed by atoms with Crippen molar-refractivity contribution < 1.29 is 23.9 Å². The van der Waals surface area contributed by atoms with Gasteiger partial charge in [0.15, 0.2) is 11.5 Å². The van der Waals surface area contributed by atoms with Gasteiger partial charge in [0.1, 0.15) is 17.2 Å². The van der Waals surface area contributed by atoms with Crippen molar-refractivity contribution in [3.05, 3.63) is 68.7 Å². The van der Waals surface area contributed by atoms with Crippen molar-refractivity contribution in [2.24, 2.45) is 0 Å². The van der Waals surface area contributed by atoms with E-state index >= 15 is 0 Å². The van der Waals surface area contributed by atoms with Gasteiger partial charge in [-0.3, -0.25) is 10.1 Å². The van der Waals surface area contributed by atoms with Crippen molar-refractivity contribution in [1.29, 1.82) is 0 Å². The van der Waals surface area contributed by atoms with E-state index in [2.05, 4.69) is 4.98 Å². The normalized spacial score (nSPS) is 10.5. The van der Waals surface area contributed by atoms with Gasteiger partial charge in [-0.25, -0.2) is 9.78 Å². The first-order chi connectivity index (χ1) is 14.4. The second-order valence-corrected chi connectivity index (χ2v) is 7.15. The highest BCUT2D eigenvalue weighted by molar-refractivity contribution is 7.13. The van der Waals surface area contributed by atoms with Crippen molar-refractivity contribution in [2.75, 3.05) is 13.7 Å². The molecule has 0 aliphatic carbocycles. The number of esters is 1. The van der Waals surface area contributed by atoms with E-state index in [1.807, 2.05) is 31.2 Å². The molecule has 0 aliphatic heterocycles. The lowest BCUT2D eigenvalue weighted by molar-refractivity contribution is -0.385. The fraction of sp³-hybridized carbons (Fsp3) is 0.238. The number of hydrogen-bond acceptors (Lipinski definition) is 8. The Balaban J connectivity index is 1.78. The van der Waals surface area contributed by atoms with Crippen LogP contribution < -0.4 is 9.47 Å². The van der Waals surface area contributed by atoms with Crippen LogP contribution >= 0.6 is 11.3 Å². The molecule has 0 atom stereocenters. The molecule has 0 N–H and O–H groups in total. The molecule has 1 aromatic heterocycles. The molecule has 0 spiro atoms. The smallest absolute Gasteiger partial charge is 0.345 e. The fourth-order valence-corrected chi connectivity index (χ4v) is 3.52. The van der Waals surface area contributed by atoms with Gasteiger partial charge in [0, 0.05) is 17.0 Å². The summed E-state index contributed by atoms with van der Waals surface area (Å²) in [6, 6.07) is 10.4. The molecule has 9 heteroatoms. The first-order valence-electron chi connectivity index (χ1n) is 9.10. The van der Waals surface area contributed by atoms with Crippen molar-refractivity contribution in [2.45, 2.75) is 20.5 Å². The lowest BCUT2D eigenvalue weighted by atomic mass is 10.1. The predicted molar refractivity (Wildman–Crippen MR) is 112 cm³/mol. The maximum Gasteiger partial charge on any atom is 0.345 e. The highest BCUT2D eigenvalue weighted by Crippen LogP contribution is 2.35. The standard InChI is InChI=1S/C21H20N2O6S/c1-4-28-19-9-16(17(23(25)26)10-18(19)27-3)21(24)29-11-15-12-30-20(22-15)14-7-5-13(2)6-8-14/h5-10,12H,4,11H2,1-3H3. The molecule has 1 heterocycles. The number of hydrogen-bond donors (Lipinski definition) is 0. The molecule has 0 unspecified atom stereocenters. The van der Waals surface area contributed by atoms with Crippen LogP contribution in [0, 0.1) is 17.0 Å². The average molecular weight is 428 g/mol. The number of benzene rings is 2. The van der Waals surface area contributed by atoms with E-state index in [-0.39, 0.29) is 23.7 Å². The molecule has 0 aliphatic rings. The molecule has 30 heavy (non-hydrogen) atoms. The Kier molecular flexibility index (Phi) is 6.63. The first kappa shape index (κ1) is 21.3. The quantitative estimate of drug-likeness (QED) is 0.289. The second-order valence-electron chi connectivity index (χ2n) is 6.30. The van der Waals surface area contributed by atoms with E-state index in [1.54, 1.807) is 12.3 Å². The Bertz CT molecular complexity index is 1060. The third-order valence-corrected chi connectivity index (χ3v) is 5.14. The summed E-state index contributed by atoms with van der Waals surface area (Å²) in [5.41, 5.74) is 2.05. The maximum atomic E-state index is 12.6. The average Bonchev–Trinajstić information content (AvgIpc) is 3.21. The zero-order chi connectivity index (χ0) is 21.7. The van der Waals surface area contributed by atoms with Gasteiger partial charge < -0.3 is 14.2 Å². The van der Waals surface area contributed by atoms with Gasteiger partial charge in [-0.05, 0) is 13.8 Å². The van der Waals surface area contributed by atoms with Gasteiger partial charge in [-0.2, -0.15) is 0 Å². The summed E-state index contributed by atoms with van der Waals surface area (Å²) >= 11 is 1.43. The van der Waals surface area contributed by atoms with Gasteiger partial charge >= 0.3 is 5.97 Å². The number of carbonyl (C=O) groups excluding carboxylic acids is 1. The molecule has 0 amide bonds. The van der Waals surface area contributed by atoms with Crippen molar-refractivity contribution in [1.82, 2.24) is 4.98 Å². The van der Waals surface area contributed by atoms with Crippen LogP contribution in [0.3, 0.4) is 0 Å². The molecule has 2 aromatic carbocycles. The van der Waals surface area contributed by atoms with Gasteiger partial charge in [0.2, 0.25) is 0 Å². The lowest BCUT2D eigenvalue weighted by Crippen LogP contribution is -2.10. The first-order valence-corrected chi connectivity index (χ1v) is 9.98. The third kappa shape index (κ3) is 4.74. The van der Waals surface area contributed by atoms with Crippen LogP contribution in [0.1, 0.15) is 28.5 Å². The van der Waals surface area contributed by atoms with Crippen molar-refractivity contribution in [3.63, 3.8) is 0 Å². The predicted octanol–water partition coefficient (Wildman–Crippen LogP) is 4.79. The zero-order valence-corrected chi connectivity index (χ0v) is 17.5. The number of carbonyl (C=O) groups is 1. The summed E-state index contributed by atoms with van der Waals surface area (Å²) < 4.78 is 15.8. The molecule has 156 valence electrons. The van der Waals surface area contributed by atoms with Crippen LogP contribution in [-0.2, 0) is 11.3 Å². The SMILES string of the molecule is CCOc1cc(C(=O)OCc2csc(-c3ccc(C)cc3)n2)c([N+](=O)[O-])cc1OC. The number of aryl methyl sites for hydroxylation is 1. The molecular weight excluding hydrogens is 408 g/mol. The van der Waals surface area contributed by atoms with E-state index in [0.717, 1.165) is 22.2 Å². The van der Waals surface area contributed by atoms with Gasteiger partial charge in [-0.15, -0.1) is 11.3 Å². The highest BCUT2D eigenvalue weighted by Gasteiger charge is 2.26. The van der Waals surface area contributed by atoms with E-state index in [4.69, 9.17) is 14.2 Å². The summed E-state index contributed by atoms with van der Waals surface area (Å²) in [6.07, 6.45) is 0. The number of ether oxygens (including phenoxy) is 3. The van der Waals surface area contributed by atoms with Crippen molar-refractivity contribution in [3.8, 4) is 22.1 Å². The minimum Gasteiger partial charge on any atom is -0.493 e. The molecular formula is C21H20N2O6S. The zero-order valence-electron chi connectivity index (χ0n) is 16.7. The van der Waals surface area contributed by atoms with Crippen LogP contribution in [0.4, 0.5) is 5.69 Å². The number of nitro benzene ring substituents is 1. The van der Waals surface area contributed by atoms with E-state index in [1.165, 1.54) is 24.5 Å². The summed E-state index contributed by atoms with van der Waals surface area (Å²) in [4.78, 5) is 27.8. The van der Waals surface area contributed by atoms with Crippen LogP contribution in [0.5, 0.6) is 11.5 Å². The number of nitrogens with zero attached hydrogens (tertiary/aromatic N) is 2. The number of thiazole rings is 1. The summed E-state index contributed by atoms with van der Waals surface area (Å²) in [5.74, 6) is -0.439. The molecule has 3 rings (SSSR count). The summed E-state index contributed by atoms with van der Waals surface area (Å²) in [6.45, 7) is 3.97. The van der Waals surface area contributed by atoms with E-state index in [0.29, 0.717) is 12.3 Å². The minimum atomic E-state index is -0.838. The molecule has 8 nitrogen and oxygen atoms in total. The summed E-state index contributed by atoms with van der Waals surface area (Å²) in [7, 11) is 1.37. The van der Waals surface area contributed by atoms with Gasteiger partial charge in [0.05, 0.1) is 30.4 Å². The van der Waals surface area contributed by atoms with Crippen LogP contribution in [0.15, 0.2) is 41.8 Å². The van der Waals surface area contributed by atoms with E-state index < -0.39 is 16.6 Å². The molecule has 0 bridgehead atoms. The van der Waals surface area contributed by atoms with E-state index in [9.17, 15) is 14.9 Å².